The quantitative estimate of drug-likeness (QED) is 0.644. The summed E-state index contributed by atoms with van der Waals surface area (Å²) < 4.78 is 24.3. The van der Waals surface area contributed by atoms with Crippen LogP contribution in [0.25, 0.3) is 0 Å². The smallest absolute Gasteiger partial charge is 0.269 e. The fraction of sp³-hybridized carbons (Fsp3) is 0.176. The highest BCUT2D eigenvalue weighted by Crippen LogP contribution is 2.30. The third-order valence-electron chi connectivity index (χ3n) is 3.32. The van der Waals surface area contributed by atoms with Crippen LogP contribution in [0.4, 0.5) is 4.39 Å². The molecule has 1 aliphatic heterocycles. The van der Waals surface area contributed by atoms with E-state index in [2.05, 4.69) is 10.9 Å². The summed E-state index contributed by atoms with van der Waals surface area (Å²) in [5.41, 5.74) is 4.94. The second-order valence-electron chi connectivity index (χ2n) is 5.08. The number of benzene rings is 2. The number of fused-ring (bicyclic) bond motifs is 1. The molecule has 0 saturated carbocycles. The molecule has 25 heavy (non-hydrogen) atoms. The molecule has 2 amide bonds. The van der Waals surface area contributed by atoms with Gasteiger partial charge in [0.2, 0.25) is 5.91 Å². The van der Waals surface area contributed by atoms with Crippen molar-refractivity contribution < 1.29 is 23.5 Å². The van der Waals surface area contributed by atoms with E-state index in [1.165, 1.54) is 6.07 Å². The molecule has 0 aromatic heterocycles. The molecule has 0 aliphatic carbocycles. The van der Waals surface area contributed by atoms with Crippen molar-refractivity contribution in [1.29, 1.82) is 0 Å². The first-order valence-electron chi connectivity index (χ1n) is 7.49. The maximum Gasteiger partial charge on any atom is 0.269 e. The third-order valence-corrected chi connectivity index (χ3v) is 4.36. The lowest BCUT2D eigenvalue weighted by molar-refractivity contribution is -0.119. The summed E-state index contributed by atoms with van der Waals surface area (Å²) in [4.78, 5) is 24.2. The van der Waals surface area contributed by atoms with Crippen LogP contribution in [0.3, 0.4) is 0 Å². The van der Waals surface area contributed by atoms with Crippen molar-refractivity contribution in [3.8, 4) is 11.5 Å². The topological polar surface area (TPSA) is 76.7 Å². The predicted octanol–water partition coefficient (Wildman–Crippen LogP) is 2.15. The Bertz CT molecular complexity index is 800. The van der Waals surface area contributed by atoms with Crippen LogP contribution in [0, 0.1) is 5.82 Å². The Morgan fingerprint density at radius 1 is 1.04 bits per heavy atom. The van der Waals surface area contributed by atoms with E-state index in [-0.39, 0.29) is 11.6 Å². The van der Waals surface area contributed by atoms with Gasteiger partial charge in [-0.2, -0.15) is 0 Å². The lowest BCUT2D eigenvalue weighted by Crippen LogP contribution is -2.42. The van der Waals surface area contributed by atoms with Gasteiger partial charge in [-0.3, -0.25) is 20.4 Å². The highest BCUT2D eigenvalue weighted by Gasteiger charge is 2.15. The minimum absolute atomic E-state index is 0.0254. The molecule has 6 nitrogen and oxygen atoms in total. The average molecular weight is 362 g/mol. The van der Waals surface area contributed by atoms with Gasteiger partial charge in [0.25, 0.3) is 5.91 Å². The SMILES string of the molecule is O=C(CSc1ccccc1F)NNC(=O)c1ccc2c(c1)OCCO2. The van der Waals surface area contributed by atoms with E-state index in [0.29, 0.717) is 35.2 Å². The number of hydrogen-bond donors (Lipinski definition) is 2. The van der Waals surface area contributed by atoms with E-state index in [9.17, 15) is 14.0 Å². The van der Waals surface area contributed by atoms with Crippen LogP contribution in [-0.4, -0.2) is 30.8 Å². The number of rotatable bonds is 4. The highest BCUT2D eigenvalue weighted by atomic mass is 32.2. The Hall–Kier alpha value is -2.74. The van der Waals surface area contributed by atoms with Gasteiger partial charge in [-0.1, -0.05) is 12.1 Å². The van der Waals surface area contributed by atoms with Crippen molar-refractivity contribution >= 4 is 23.6 Å². The molecule has 2 aromatic carbocycles. The molecule has 0 atom stereocenters. The zero-order valence-corrected chi connectivity index (χ0v) is 13.9. The van der Waals surface area contributed by atoms with Gasteiger partial charge in [0.05, 0.1) is 5.75 Å². The number of hydrazine groups is 1. The lowest BCUT2D eigenvalue weighted by Gasteiger charge is -2.18. The van der Waals surface area contributed by atoms with Gasteiger partial charge in [0.1, 0.15) is 19.0 Å². The van der Waals surface area contributed by atoms with Crippen LogP contribution >= 0.6 is 11.8 Å². The molecule has 0 fully saturated rings. The summed E-state index contributed by atoms with van der Waals surface area (Å²) in [6.45, 7) is 0.885. The lowest BCUT2D eigenvalue weighted by atomic mass is 10.2. The molecule has 2 N–H and O–H groups in total. The van der Waals surface area contributed by atoms with Crippen LogP contribution in [-0.2, 0) is 4.79 Å². The maximum absolute atomic E-state index is 13.5. The number of carbonyl (C=O) groups is 2. The molecule has 1 heterocycles. The summed E-state index contributed by atoms with van der Waals surface area (Å²) in [7, 11) is 0. The van der Waals surface area contributed by atoms with Crippen molar-refractivity contribution in [2.45, 2.75) is 4.90 Å². The molecule has 0 unspecified atom stereocenters. The Balaban J connectivity index is 1.50. The monoisotopic (exact) mass is 362 g/mol. The number of ether oxygens (including phenoxy) is 2. The minimum atomic E-state index is -0.485. The van der Waals surface area contributed by atoms with Gasteiger partial charge in [-0.05, 0) is 30.3 Å². The van der Waals surface area contributed by atoms with E-state index < -0.39 is 11.8 Å². The first kappa shape index (κ1) is 17.1. The van der Waals surface area contributed by atoms with E-state index in [0.717, 1.165) is 11.8 Å². The predicted molar refractivity (Wildman–Crippen MR) is 90.2 cm³/mol. The summed E-state index contributed by atoms with van der Waals surface area (Å²) >= 11 is 1.05. The van der Waals surface area contributed by atoms with E-state index >= 15 is 0 Å². The molecule has 0 bridgehead atoms. The zero-order chi connectivity index (χ0) is 17.6. The van der Waals surface area contributed by atoms with Gasteiger partial charge in [-0.15, -0.1) is 11.8 Å². The Morgan fingerprint density at radius 3 is 2.60 bits per heavy atom. The van der Waals surface area contributed by atoms with Gasteiger partial charge in [0, 0.05) is 10.5 Å². The summed E-state index contributed by atoms with van der Waals surface area (Å²) in [6, 6.07) is 10.9. The highest BCUT2D eigenvalue weighted by molar-refractivity contribution is 8.00. The van der Waals surface area contributed by atoms with Crippen molar-refractivity contribution in [3.63, 3.8) is 0 Å². The van der Waals surface area contributed by atoms with E-state index in [1.807, 2.05) is 0 Å². The number of thioether (sulfide) groups is 1. The minimum Gasteiger partial charge on any atom is -0.486 e. The molecule has 0 saturated heterocycles. The molecule has 1 aliphatic rings. The first-order valence-corrected chi connectivity index (χ1v) is 8.48. The average Bonchev–Trinajstić information content (AvgIpc) is 2.65. The second-order valence-corrected chi connectivity index (χ2v) is 6.10. The largest absolute Gasteiger partial charge is 0.486 e. The first-order chi connectivity index (χ1) is 12.1. The maximum atomic E-state index is 13.5. The standard InChI is InChI=1S/C17H15FN2O4S/c18-12-3-1-2-4-15(12)25-10-16(21)19-20-17(22)11-5-6-13-14(9-11)24-8-7-23-13/h1-6,9H,7-8,10H2,(H,19,21)(H,20,22). The Kier molecular flexibility index (Phi) is 5.39. The van der Waals surface area contributed by atoms with E-state index in [1.54, 1.807) is 36.4 Å². The number of halogens is 1. The number of amides is 2. The summed E-state index contributed by atoms with van der Waals surface area (Å²) in [6.07, 6.45) is 0. The van der Waals surface area contributed by atoms with Crippen molar-refractivity contribution in [3.05, 3.63) is 53.8 Å². The zero-order valence-electron chi connectivity index (χ0n) is 13.1. The van der Waals surface area contributed by atoms with Crippen LogP contribution < -0.4 is 20.3 Å². The molecular weight excluding hydrogens is 347 g/mol. The summed E-state index contributed by atoms with van der Waals surface area (Å²) in [5.74, 6) is -0.281. The van der Waals surface area contributed by atoms with Crippen molar-refractivity contribution in [2.75, 3.05) is 19.0 Å². The van der Waals surface area contributed by atoms with Gasteiger partial charge < -0.3 is 9.47 Å². The molecule has 130 valence electrons. The van der Waals surface area contributed by atoms with Gasteiger partial charge in [-0.25, -0.2) is 4.39 Å². The summed E-state index contributed by atoms with van der Waals surface area (Å²) in [5, 5.41) is 0. The number of hydrogen-bond acceptors (Lipinski definition) is 5. The molecule has 2 aromatic rings. The normalized spacial score (nSPS) is 12.4. The number of carbonyl (C=O) groups excluding carboxylic acids is 2. The molecule has 8 heteroatoms. The van der Waals surface area contributed by atoms with Crippen LogP contribution in [0.5, 0.6) is 11.5 Å². The molecule has 0 radical (unpaired) electrons. The van der Waals surface area contributed by atoms with E-state index in [4.69, 9.17) is 9.47 Å². The molecule has 0 spiro atoms. The Labute approximate surface area is 147 Å². The van der Waals surface area contributed by atoms with Gasteiger partial charge >= 0.3 is 0 Å². The Morgan fingerprint density at radius 2 is 1.80 bits per heavy atom. The van der Waals surface area contributed by atoms with Crippen molar-refractivity contribution in [2.24, 2.45) is 0 Å². The fourth-order valence-electron chi connectivity index (χ4n) is 2.12. The molecular formula is C17H15FN2O4S. The van der Waals surface area contributed by atoms with Crippen molar-refractivity contribution in [1.82, 2.24) is 10.9 Å². The molecule has 3 rings (SSSR count). The number of nitrogens with one attached hydrogen (secondary N) is 2. The second kappa shape index (κ2) is 7.89. The van der Waals surface area contributed by atoms with Crippen LogP contribution in [0.2, 0.25) is 0 Å². The fourth-order valence-corrected chi connectivity index (χ4v) is 2.86. The van der Waals surface area contributed by atoms with Crippen LogP contribution in [0.15, 0.2) is 47.4 Å². The third kappa shape index (κ3) is 4.42. The van der Waals surface area contributed by atoms with Crippen LogP contribution in [0.1, 0.15) is 10.4 Å². The van der Waals surface area contributed by atoms with Gasteiger partial charge in [0.15, 0.2) is 11.5 Å².